The van der Waals surface area contributed by atoms with E-state index < -0.39 is 0 Å². The first-order chi connectivity index (χ1) is 13.6. The van der Waals surface area contributed by atoms with Gasteiger partial charge < -0.3 is 19.9 Å². The lowest BCUT2D eigenvalue weighted by Crippen LogP contribution is -2.40. The van der Waals surface area contributed by atoms with Crippen LogP contribution in [0.3, 0.4) is 0 Å². The molecule has 0 spiro atoms. The van der Waals surface area contributed by atoms with E-state index in [1.54, 1.807) is 25.4 Å². The molecule has 28 heavy (non-hydrogen) atoms. The Hall–Kier alpha value is -2.93. The zero-order chi connectivity index (χ0) is 19.9. The smallest absolute Gasteiger partial charge is 0.257 e. The van der Waals surface area contributed by atoms with Crippen LogP contribution in [0.2, 0.25) is 0 Å². The lowest BCUT2D eigenvalue weighted by Gasteiger charge is -2.29. The van der Waals surface area contributed by atoms with Crippen LogP contribution in [0.5, 0.6) is 0 Å². The molecule has 0 unspecified atom stereocenters. The molecule has 0 atom stereocenters. The molecule has 148 valence electrons. The van der Waals surface area contributed by atoms with E-state index in [0.29, 0.717) is 37.7 Å². The zero-order valence-electron chi connectivity index (χ0n) is 16.4. The highest BCUT2D eigenvalue weighted by atomic mass is 16.5. The maximum atomic E-state index is 13.0. The molecule has 7 nitrogen and oxygen atoms in total. The molecule has 1 fully saturated rings. The first kappa shape index (κ1) is 19.8. The van der Waals surface area contributed by atoms with Crippen molar-refractivity contribution in [2.24, 2.45) is 0 Å². The number of anilines is 2. The molecule has 3 rings (SSSR count). The van der Waals surface area contributed by atoms with Crippen molar-refractivity contribution in [3.63, 3.8) is 0 Å². The molecule has 1 aromatic carbocycles. The number of amides is 2. The Morgan fingerprint density at radius 2 is 1.93 bits per heavy atom. The Labute approximate surface area is 165 Å². The van der Waals surface area contributed by atoms with Crippen molar-refractivity contribution in [1.29, 1.82) is 0 Å². The molecule has 0 saturated carbocycles. The summed E-state index contributed by atoms with van der Waals surface area (Å²) in [4.78, 5) is 33.3. The first-order valence-electron chi connectivity index (χ1n) is 9.51. The number of rotatable bonds is 6. The quantitative estimate of drug-likeness (QED) is 0.829. The highest BCUT2D eigenvalue weighted by Crippen LogP contribution is 2.20. The minimum atomic E-state index is -0.228. The van der Waals surface area contributed by atoms with E-state index in [-0.39, 0.29) is 18.4 Å². The summed E-state index contributed by atoms with van der Waals surface area (Å²) in [7, 11) is 1.63. The van der Waals surface area contributed by atoms with Crippen LogP contribution < -0.4 is 10.2 Å². The number of nitrogens with zero attached hydrogens (tertiary/aromatic N) is 3. The summed E-state index contributed by atoms with van der Waals surface area (Å²) in [6.45, 7) is 4.60. The number of hydrogen-bond donors (Lipinski definition) is 1. The number of aryl methyl sites for hydroxylation is 1. The number of para-hydroxylation sites is 1. The van der Waals surface area contributed by atoms with Crippen molar-refractivity contribution >= 4 is 23.3 Å². The van der Waals surface area contributed by atoms with Crippen LogP contribution in [-0.4, -0.2) is 61.6 Å². The van der Waals surface area contributed by atoms with Crippen LogP contribution in [0.1, 0.15) is 22.8 Å². The number of pyridine rings is 1. The van der Waals surface area contributed by atoms with E-state index in [1.165, 1.54) is 4.90 Å². The van der Waals surface area contributed by atoms with E-state index in [4.69, 9.17) is 4.74 Å². The van der Waals surface area contributed by atoms with Crippen LogP contribution in [0, 0.1) is 0 Å². The summed E-state index contributed by atoms with van der Waals surface area (Å²) in [5.41, 5.74) is 2.34. The minimum Gasteiger partial charge on any atom is -0.378 e. The summed E-state index contributed by atoms with van der Waals surface area (Å²) in [5, 5.41) is 2.90. The molecule has 0 radical (unpaired) electrons. The number of nitrogens with one attached hydrogen (secondary N) is 1. The van der Waals surface area contributed by atoms with Crippen molar-refractivity contribution in [2.45, 2.75) is 13.3 Å². The second kappa shape index (κ2) is 9.32. The lowest BCUT2D eigenvalue weighted by atomic mass is 10.1. The first-order valence-corrected chi connectivity index (χ1v) is 9.51. The van der Waals surface area contributed by atoms with E-state index in [0.717, 1.165) is 17.7 Å². The predicted molar refractivity (Wildman–Crippen MR) is 109 cm³/mol. The molecule has 1 aromatic heterocycles. The number of hydrogen-bond acceptors (Lipinski definition) is 5. The molecule has 2 aromatic rings. The minimum absolute atomic E-state index is 0.0334. The Kier molecular flexibility index (Phi) is 6.60. The molecule has 0 bridgehead atoms. The van der Waals surface area contributed by atoms with Crippen molar-refractivity contribution in [1.82, 2.24) is 9.88 Å². The fourth-order valence-electron chi connectivity index (χ4n) is 3.22. The van der Waals surface area contributed by atoms with Gasteiger partial charge >= 0.3 is 0 Å². The van der Waals surface area contributed by atoms with E-state index in [9.17, 15) is 9.59 Å². The van der Waals surface area contributed by atoms with Crippen molar-refractivity contribution in [3.8, 4) is 0 Å². The summed E-state index contributed by atoms with van der Waals surface area (Å²) in [5.74, 6) is 0.182. The number of morpholine rings is 1. The van der Waals surface area contributed by atoms with Crippen molar-refractivity contribution < 1.29 is 14.3 Å². The molecular formula is C21H26N4O3. The molecular weight excluding hydrogens is 356 g/mol. The van der Waals surface area contributed by atoms with Gasteiger partial charge in [-0.25, -0.2) is 4.98 Å². The van der Waals surface area contributed by atoms with Crippen LogP contribution in [-0.2, 0) is 16.0 Å². The molecule has 2 amide bonds. The van der Waals surface area contributed by atoms with Gasteiger partial charge in [0, 0.05) is 32.0 Å². The normalized spacial score (nSPS) is 13.9. The highest BCUT2D eigenvalue weighted by Gasteiger charge is 2.23. The van der Waals surface area contributed by atoms with Gasteiger partial charge in [-0.2, -0.15) is 0 Å². The average Bonchev–Trinajstić information content (AvgIpc) is 2.74. The lowest BCUT2D eigenvalue weighted by molar-refractivity contribution is -0.116. The standard InChI is InChI=1S/C21H26N4O3/c1-3-16-7-4-5-9-18(16)23-19(26)15-24(2)21(27)17-8-6-10-22-20(17)25-11-13-28-14-12-25/h4-10H,3,11-15H2,1-2H3,(H,23,26). The summed E-state index contributed by atoms with van der Waals surface area (Å²) in [6.07, 6.45) is 2.50. The molecule has 2 heterocycles. The molecule has 1 saturated heterocycles. The fourth-order valence-corrected chi connectivity index (χ4v) is 3.22. The molecule has 1 aliphatic heterocycles. The maximum absolute atomic E-state index is 13.0. The summed E-state index contributed by atoms with van der Waals surface area (Å²) >= 11 is 0. The SMILES string of the molecule is CCc1ccccc1NC(=O)CN(C)C(=O)c1cccnc1N1CCOCC1. The van der Waals surface area contributed by atoms with Gasteiger partial charge in [0.15, 0.2) is 0 Å². The van der Waals surface area contributed by atoms with Gasteiger partial charge in [0.05, 0.1) is 25.3 Å². The van der Waals surface area contributed by atoms with E-state index >= 15 is 0 Å². The van der Waals surface area contributed by atoms with Crippen LogP contribution in [0.4, 0.5) is 11.5 Å². The highest BCUT2D eigenvalue weighted by molar-refractivity contribution is 6.02. The Balaban J connectivity index is 1.68. The van der Waals surface area contributed by atoms with Gasteiger partial charge in [0.2, 0.25) is 5.91 Å². The number of carbonyl (C=O) groups excluding carboxylic acids is 2. The second-order valence-corrected chi connectivity index (χ2v) is 6.69. The Morgan fingerprint density at radius 1 is 1.18 bits per heavy atom. The van der Waals surface area contributed by atoms with Gasteiger partial charge in [-0.1, -0.05) is 25.1 Å². The monoisotopic (exact) mass is 382 g/mol. The summed E-state index contributed by atoms with van der Waals surface area (Å²) < 4.78 is 5.38. The molecule has 1 N–H and O–H groups in total. The third-order valence-corrected chi connectivity index (χ3v) is 4.73. The molecule has 0 aliphatic carbocycles. The molecule has 7 heteroatoms. The van der Waals surface area contributed by atoms with Crippen molar-refractivity contribution in [3.05, 3.63) is 53.7 Å². The number of carbonyl (C=O) groups is 2. The molecule has 1 aliphatic rings. The summed E-state index contributed by atoms with van der Waals surface area (Å²) in [6, 6.07) is 11.2. The number of benzene rings is 1. The van der Waals surface area contributed by atoms with Gasteiger partial charge in [0.1, 0.15) is 5.82 Å². The van der Waals surface area contributed by atoms with Crippen LogP contribution in [0.15, 0.2) is 42.6 Å². The van der Waals surface area contributed by atoms with Gasteiger partial charge in [-0.05, 0) is 30.2 Å². The van der Waals surface area contributed by atoms with E-state index in [2.05, 4.69) is 10.3 Å². The average molecular weight is 382 g/mol. The third-order valence-electron chi connectivity index (χ3n) is 4.73. The number of aromatic nitrogens is 1. The van der Waals surface area contributed by atoms with Gasteiger partial charge in [-0.3, -0.25) is 9.59 Å². The Morgan fingerprint density at radius 3 is 2.68 bits per heavy atom. The largest absolute Gasteiger partial charge is 0.378 e. The maximum Gasteiger partial charge on any atom is 0.257 e. The third kappa shape index (κ3) is 4.67. The number of ether oxygens (including phenoxy) is 1. The van der Waals surface area contributed by atoms with Crippen LogP contribution in [0.25, 0.3) is 0 Å². The zero-order valence-corrected chi connectivity index (χ0v) is 16.4. The van der Waals surface area contributed by atoms with Crippen molar-refractivity contribution in [2.75, 3.05) is 50.1 Å². The second-order valence-electron chi connectivity index (χ2n) is 6.69. The predicted octanol–water partition coefficient (Wildman–Crippen LogP) is 2.19. The van der Waals surface area contributed by atoms with Gasteiger partial charge in [0.25, 0.3) is 5.91 Å². The topological polar surface area (TPSA) is 74.8 Å². The van der Waals surface area contributed by atoms with E-state index in [1.807, 2.05) is 36.1 Å². The Bertz CT molecular complexity index is 834. The van der Waals surface area contributed by atoms with Gasteiger partial charge in [-0.15, -0.1) is 0 Å². The number of likely N-dealkylation sites (N-methyl/N-ethyl adjacent to an activating group) is 1. The fraction of sp³-hybridized carbons (Fsp3) is 0.381. The van der Waals surface area contributed by atoms with Crippen LogP contribution >= 0.6 is 0 Å².